The molecule has 126 valence electrons. The van der Waals surface area contributed by atoms with Gasteiger partial charge in [-0.2, -0.15) is 0 Å². The zero-order chi connectivity index (χ0) is 16.4. The van der Waals surface area contributed by atoms with Crippen LogP contribution in [-0.4, -0.2) is 18.5 Å². The first-order valence-corrected chi connectivity index (χ1v) is 8.55. The number of carbonyl (C=O) groups excluding carboxylic acids is 1. The Morgan fingerprint density at radius 2 is 2.00 bits per heavy atom. The van der Waals surface area contributed by atoms with Gasteiger partial charge in [-0.3, -0.25) is 4.79 Å². The maximum Gasteiger partial charge on any atom is 0.224 e. The number of rotatable bonds is 5. The van der Waals surface area contributed by atoms with Gasteiger partial charge in [-0.15, -0.1) is 0 Å². The topological polar surface area (TPSA) is 55.1 Å². The predicted octanol–water partition coefficient (Wildman–Crippen LogP) is 3.09. The molecule has 5 heteroatoms. The molecule has 0 aliphatic heterocycles. The zero-order valence-electron chi connectivity index (χ0n) is 13.2. The first-order chi connectivity index (χ1) is 11.1. The van der Waals surface area contributed by atoms with E-state index in [1.54, 1.807) is 0 Å². The number of carbonyl (C=O) groups is 1. The summed E-state index contributed by atoms with van der Waals surface area (Å²) < 4.78 is 26.8. The van der Waals surface area contributed by atoms with E-state index in [2.05, 4.69) is 5.32 Å². The smallest absolute Gasteiger partial charge is 0.224 e. The molecular weight excluding hydrogens is 298 g/mol. The van der Waals surface area contributed by atoms with Gasteiger partial charge in [0, 0.05) is 24.6 Å². The predicted molar refractivity (Wildman–Crippen MR) is 84.8 cm³/mol. The van der Waals surface area contributed by atoms with Crippen LogP contribution in [0.3, 0.4) is 0 Å². The Morgan fingerprint density at radius 1 is 1.26 bits per heavy atom. The van der Waals surface area contributed by atoms with Crippen LogP contribution < -0.4 is 11.1 Å². The van der Waals surface area contributed by atoms with Gasteiger partial charge < -0.3 is 11.1 Å². The largest absolute Gasteiger partial charge is 0.352 e. The molecule has 0 radical (unpaired) electrons. The molecule has 0 spiro atoms. The molecule has 0 saturated heterocycles. The molecule has 0 heterocycles. The van der Waals surface area contributed by atoms with Crippen LogP contribution in [0.15, 0.2) is 18.2 Å². The lowest BCUT2D eigenvalue weighted by molar-refractivity contribution is -0.123. The van der Waals surface area contributed by atoms with Crippen LogP contribution in [0.25, 0.3) is 0 Å². The molecule has 3 nitrogen and oxygen atoms in total. The average molecular weight is 322 g/mol. The fourth-order valence-corrected chi connectivity index (χ4v) is 3.83. The third-order valence-electron chi connectivity index (χ3n) is 5.29. The van der Waals surface area contributed by atoms with Gasteiger partial charge >= 0.3 is 0 Å². The maximum atomic E-state index is 13.8. The minimum Gasteiger partial charge on any atom is -0.352 e. The van der Waals surface area contributed by atoms with Crippen molar-refractivity contribution in [3.63, 3.8) is 0 Å². The van der Waals surface area contributed by atoms with Gasteiger partial charge in [0.25, 0.3) is 0 Å². The Bertz CT molecular complexity index is 572. The lowest BCUT2D eigenvalue weighted by Gasteiger charge is -2.30. The SMILES string of the molecule is NCC(NC(=O)C1CC1c1ccc(F)cc1F)C1CCCCC1. The summed E-state index contributed by atoms with van der Waals surface area (Å²) >= 11 is 0. The number of hydrogen-bond acceptors (Lipinski definition) is 2. The second kappa shape index (κ2) is 6.95. The molecule has 2 aliphatic carbocycles. The highest BCUT2D eigenvalue weighted by Crippen LogP contribution is 2.48. The quantitative estimate of drug-likeness (QED) is 0.875. The van der Waals surface area contributed by atoms with Crippen molar-refractivity contribution in [3.05, 3.63) is 35.4 Å². The van der Waals surface area contributed by atoms with Gasteiger partial charge in [0.05, 0.1) is 0 Å². The average Bonchev–Trinajstić information content (AvgIpc) is 3.33. The molecule has 3 unspecified atom stereocenters. The Hall–Kier alpha value is -1.49. The normalized spacial score (nSPS) is 25.9. The highest BCUT2D eigenvalue weighted by Gasteiger charge is 2.46. The van der Waals surface area contributed by atoms with Crippen molar-refractivity contribution >= 4 is 5.91 Å². The third-order valence-corrected chi connectivity index (χ3v) is 5.29. The Labute approximate surface area is 135 Å². The minimum absolute atomic E-state index is 0.0158. The Kier molecular flexibility index (Phi) is 4.95. The lowest BCUT2D eigenvalue weighted by Crippen LogP contribution is -2.46. The van der Waals surface area contributed by atoms with Crippen molar-refractivity contribution in [1.29, 1.82) is 0 Å². The lowest BCUT2D eigenvalue weighted by atomic mass is 9.84. The fourth-order valence-electron chi connectivity index (χ4n) is 3.83. The van der Waals surface area contributed by atoms with E-state index in [1.807, 2.05) is 0 Å². The summed E-state index contributed by atoms with van der Waals surface area (Å²) in [7, 11) is 0. The van der Waals surface area contributed by atoms with Crippen molar-refractivity contribution in [1.82, 2.24) is 5.32 Å². The fraction of sp³-hybridized carbons (Fsp3) is 0.611. The number of benzene rings is 1. The van der Waals surface area contributed by atoms with E-state index in [1.165, 1.54) is 31.4 Å². The number of nitrogens with two attached hydrogens (primary N) is 1. The highest BCUT2D eigenvalue weighted by atomic mass is 19.1. The molecule has 0 bridgehead atoms. The number of hydrogen-bond donors (Lipinski definition) is 2. The van der Waals surface area contributed by atoms with Crippen molar-refractivity contribution in [2.75, 3.05) is 6.54 Å². The molecule has 3 atom stereocenters. The summed E-state index contributed by atoms with van der Waals surface area (Å²) in [5.74, 6) is -1.09. The molecule has 1 aromatic rings. The Morgan fingerprint density at radius 3 is 2.65 bits per heavy atom. The molecule has 2 saturated carbocycles. The van der Waals surface area contributed by atoms with E-state index >= 15 is 0 Å². The van der Waals surface area contributed by atoms with E-state index in [4.69, 9.17) is 5.73 Å². The summed E-state index contributed by atoms with van der Waals surface area (Å²) in [6.45, 7) is 0.443. The van der Waals surface area contributed by atoms with Crippen molar-refractivity contribution in [2.45, 2.75) is 50.5 Å². The van der Waals surface area contributed by atoms with Crippen molar-refractivity contribution in [3.8, 4) is 0 Å². The molecule has 3 rings (SSSR count). The molecule has 0 aromatic heterocycles. The van der Waals surface area contributed by atoms with Crippen LogP contribution in [0, 0.1) is 23.5 Å². The van der Waals surface area contributed by atoms with E-state index < -0.39 is 11.6 Å². The van der Waals surface area contributed by atoms with Gasteiger partial charge in [-0.1, -0.05) is 25.3 Å². The molecule has 23 heavy (non-hydrogen) atoms. The van der Waals surface area contributed by atoms with Crippen LogP contribution in [0.2, 0.25) is 0 Å². The zero-order valence-corrected chi connectivity index (χ0v) is 13.2. The van der Waals surface area contributed by atoms with Crippen LogP contribution >= 0.6 is 0 Å². The van der Waals surface area contributed by atoms with Gasteiger partial charge in [-0.25, -0.2) is 8.78 Å². The first kappa shape index (κ1) is 16.4. The number of amides is 1. The van der Waals surface area contributed by atoms with Crippen LogP contribution in [-0.2, 0) is 4.79 Å². The Balaban J connectivity index is 1.58. The van der Waals surface area contributed by atoms with Crippen molar-refractivity contribution in [2.24, 2.45) is 17.6 Å². The van der Waals surface area contributed by atoms with E-state index in [9.17, 15) is 13.6 Å². The van der Waals surface area contributed by atoms with E-state index in [0.29, 0.717) is 24.4 Å². The summed E-state index contributed by atoms with van der Waals surface area (Å²) in [6.07, 6.45) is 6.51. The summed E-state index contributed by atoms with van der Waals surface area (Å²) in [6, 6.07) is 3.59. The first-order valence-electron chi connectivity index (χ1n) is 8.55. The van der Waals surface area contributed by atoms with Crippen LogP contribution in [0.4, 0.5) is 8.78 Å². The van der Waals surface area contributed by atoms with Gasteiger partial charge in [0.1, 0.15) is 11.6 Å². The maximum absolute atomic E-state index is 13.8. The van der Waals surface area contributed by atoms with Gasteiger partial charge in [-0.05, 0) is 42.7 Å². The highest BCUT2D eigenvalue weighted by molar-refractivity contribution is 5.83. The van der Waals surface area contributed by atoms with Crippen LogP contribution in [0.1, 0.15) is 50.0 Å². The van der Waals surface area contributed by atoms with E-state index in [-0.39, 0.29) is 23.8 Å². The molecule has 2 fully saturated rings. The minimum atomic E-state index is -0.589. The number of nitrogens with one attached hydrogen (secondary N) is 1. The van der Waals surface area contributed by atoms with Crippen molar-refractivity contribution < 1.29 is 13.6 Å². The molecule has 1 aromatic carbocycles. The second-order valence-corrected chi connectivity index (χ2v) is 6.86. The van der Waals surface area contributed by atoms with Gasteiger partial charge in [0.2, 0.25) is 5.91 Å². The summed E-state index contributed by atoms with van der Waals surface area (Å²) in [4.78, 5) is 12.4. The monoisotopic (exact) mass is 322 g/mol. The molecular formula is C18H24F2N2O. The number of halogens is 2. The summed E-state index contributed by atoms with van der Waals surface area (Å²) in [5.41, 5.74) is 6.28. The van der Waals surface area contributed by atoms with Crippen LogP contribution in [0.5, 0.6) is 0 Å². The third kappa shape index (κ3) is 3.71. The summed E-state index contributed by atoms with van der Waals surface area (Å²) in [5, 5.41) is 3.07. The van der Waals surface area contributed by atoms with E-state index in [0.717, 1.165) is 18.9 Å². The standard InChI is InChI=1S/C18H24F2N2O/c19-12-6-7-13(16(20)8-12)14-9-15(14)18(23)22-17(10-21)11-4-2-1-3-5-11/h6-8,11,14-15,17H,1-5,9-10,21H2,(H,22,23). The molecule has 2 aliphatic rings. The molecule has 3 N–H and O–H groups in total. The second-order valence-electron chi connectivity index (χ2n) is 6.86. The van der Waals surface area contributed by atoms with Gasteiger partial charge in [0.15, 0.2) is 0 Å². The molecule has 1 amide bonds.